The van der Waals surface area contributed by atoms with Gasteiger partial charge in [0.15, 0.2) is 5.82 Å². The standard InChI is InChI=1S/C11H9FN2OS/c12-9(2-5-15)10-6-8(7-16-10)11-13-3-1-4-14-11/h1-4,6-7,15H,5H2/b9-2-. The number of halogens is 1. The van der Waals surface area contributed by atoms with Gasteiger partial charge in [-0.25, -0.2) is 14.4 Å². The van der Waals surface area contributed by atoms with Crippen LogP contribution in [0.2, 0.25) is 0 Å². The van der Waals surface area contributed by atoms with Gasteiger partial charge >= 0.3 is 0 Å². The summed E-state index contributed by atoms with van der Waals surface area (Å²) in [5, 5.41) is 10.4. The Morgan fingerprint density at radius 1 is 1.44 bits per heavy atom. The molecular formula is C11H9FN2OS. The molecule has 2 heterocycles. The average Bonchev–Trinajstić information content (AvgIpc) is 2.80. The minimum atomic E-state index is -0.422. The molecular weight excluding hydrogens is 227 g/mol. The zero-order chi connectivity index (χ0) is 11.4. The Balaban J connectivity index is 2.30. The van der Waals surface area contributed by atoms with E-state index >= 15 is 0 Å². The largest absolute Gasteiger partial charge is 0.392 e. The van der Waals surface area contributed by atoms with Crippen molar-refractivity contribution < 1.29 is 9.50 Å². The average molecular weight is 236 g/mol. The van der Waals surface area contributed by atoms with E-state index in [2.05, 4.69) is 9.97 Å². The number of hydrogen-bond acceptors (Lipinski definition) is 4. The van der Waals surface area contributed by atoms with E-state index in [-0.39, 0.29) is 6.61 Å². The van der Waals surface area contributed by atoms with Crippen molar-refractivity contribution in [2.45, 2.75) is 0 Å². The Labute approximate surface area is 95.9 Å². The SMILES string of the molecule is OC/C=C(\F)c1cc(-c2ncccn2)cs1. The maximum Gasteiger partial charge on any atom is 0.159 e. The molecule has 0 unspecified atom stereocenters. The van der Waals surface area contributed by atoms with Crippen LogP contribution in [0.4, 0.5) is 4.39 Å². The molecule has 2 aromatic heterocycles. The molecule has 82 valence electrons. The molecule has 0 saturated carbocycles. The number of rotatable bonds is 3. The smallest absolute Gasteiger partial charge is 0.159 e. The number of aliphatic hydroxyl groups excluding tert-OH is 1. The fourth-order valence-corrected chi connectivity index (χ4v) is 2.03. The first-order valence-corrected chi connectivity index (χ1v) is 5.52. The normalized spacial score (nSPS) is 11.8. The van der Waals surface area contributed by atoms with Crippen molar-refractivity contribution in [2.75, 3.05) is 6.61 Å². The highest BCUT2D eigenvalue weighted by atomic mass is 32.1. The molecule has 0 aromatic carbocycles. The monoisotopic (exact) mass is 236 g/mol. The fraction of sp³-hybridized carbons (Fsp3) is 0.0909. The highest BCUT2D eigenvalue weighted by molar-refractivity contribution is 7.11. The highest BCUT2D eigenvalue weighted by Gasteiger charge is 2.07. The molecule has 0 saturated heterocycles. The van der Waals surface area contributed by atoms with E-state index in [1.807, 2.05) is 0 Å². The zero-order valence-corrected chi connectivity index (χ0v) is 9.12. The molecule has 0 spiro atoms. The van der Waals surface area contributed by atoms with E-state index in [9.17, 15) is 4.39 Å². The first-order chi connectivity index (χ1) is 7.81. The van der Waals surface area contributed by atoms with Crippen LogP contribution in [0.3, 0.4) is 0 Å². The van der Waals surface area contributed by atoms with E-state index in [4.69, 9.17) is 5.11 Å². The fourth-order valence-electron chi connectivity index (χ4n) is 1.21. The van der Waals surface area contributed by atoms with Gasteiger partial charge in [-0.3, -0.25) is 0 Å². The molecule has 0 aliphatic heterocycles. The van der Waals surface area contributed by atoms with Crippen LogP contribution < -0.4 is 0 Å². The summed E-state index contributed by atoms with van der Waals surface area (Å²) in [6.07, 6.45) is 4.40. The molecule has 0 bridgehead atoms. The van der Waals surface area contributed by atoms with Crippen LogP contribution in [-0.4, -0.2) is 21.7 Å². The number of aliphatic hydroxyl groups is 1. The lowest BCUT2D eigenvalue weighted by Crippen LogP contribution is -1.83. The third-order valence-electron chi connectivity index (χ3n) is 1.93. The number of nitrogens with zero attached hydrogens (tertiary/aromatic N) is 2. The molecule has 5 heteroatoms. The predicted molar refractivity (Wildman–Crippen MR) is 61.5 cm³/mol. The van der Waals surface area contributed by atoms with E-state index in [0.717, 1.165) is 11.6 Å². The van der Waals surface area contributed by atoms with Crippen LogP contribution in [0, 0.1) is 0 Å². The van der Waals surface area contributed by atoms with Crippen LogP contribution in [-0.2, 0) is 0 Å². The molecule has 0 atom stereocenters. The minimum absolute atomic E-state index is 0.305. The molecule has 2 aromatic rings. The lowest BCUT2D eigenvalue weighted by molar-refractivity contribution is 0.342. The molecule has 3 nitrogen and oxygen atoms in total. The third-order valence-corrected chi connectivity index (χ3v) is 2.87. The topological polar surface area (TPSA) is 46.0 Å². The van der Waals surface area contributed by atoms with Crippen molar-refractivity contribution in [2.24, 2.45) is 0 Å². The highest BCUT2D eigenvalue weighted by Crippen LogP contribution is 2.28. The summed E-state index contributed by atoms with van der Waals surface area (Å²) in [7, 11) is 0. The number of hydrogen-bond donors (Lipinski definition) is 1. The van der Waals surface area contributed by atoms with Crippen molar-refractivity contribution >= 4 is 17.2 Å². The van der Waals surface area contributed by atoms with Crippen LogP contribution in [0.1, 0.15) is 4.88 Å². The first-order valence-electron chi connectivity index (χ1n) is 4.64. The molecule has 0 fully saturated rings. The maximum atomic E-state index is 13.3. The van der Waals surface area contributed by atoms with Crippen molar-refractivity contribution in [1.82, 2.24) is 9.97 Å². The van der Waals surface area contributed by atoms with Crippen molar-refractivity contribution in [1.29, 1.82) is 0 Å². The molecule has 2 rings (SSSR count). The quantitative estimate of drug-likeness (QED) is 0.890. The van der Waals surface area contributed by atoms with Gasteiger partial charge in [-0.1, -0.05) is 0 Å². The number of thiophene rings is 1. The molecule has 0 aliphatic rings. The van der Waals surface area contributed by atoms with Gasteiger partial charge in [-0.2, -0.15) is 0 Å². The van der Waals surface area contributed by atoms with Gasteiger partial charge in [0.25, 0.3) is 0 Å². The zero-order valence-electron chi connectivity index (χ0n) is 8.30. The Morgan fingerprint density at radius 2 is 2.19 bits per heavy atom. The Kier molecular flexibility index (Phi) is 3.38. The summed E-state index contributed by atoms with van der Waals surface area (Å²) in [6.45, 7) is -0.305. The molecule has 0 radical (unpaired) electrons. The summed E-state index contributed by atoms with van der Waals surface area (Å²) >= 11 is 1.26. The van der Waals surface area contributed by atoms with E-state index in [0.29, 0.717) is 10.7 Å². The van der Waals surface area contributed by atoms with Crippen molar-refractivity contribution in [3.63, 3.8) is 0 Å². The van der Waals surface area contributed by atoms with Gasteiger partial charge < -0.3 is 5.11 Å². The van der Waals surface area contributed by atoms with Crippen LogP contribution in [0.5, 0.6) is 0 Å². The van der Waals surface area contributed by atoms with Gasteiger partial charge in [-0.05, 0) is 18.2 Å². The third kappa shape index (κ3) is 2.32. The van der Waals surface area contributed by atoms with E-state index in [1.165, 1.54) is 11.3 Å². The van der Waals surface area contributed by atoms with E-state index in [1.54, 1.807) is 29.9 Å². The minimum Gasteiger partial charge on any atom is -0.392 e. The molecule has 0 amide bonds. The van der Waals surface area contributed by atoms with Crippen molar-refractivity contribution in [3.8, 4) is 11.4 Å². The second-order valence-electron chi connectivity index (χ2n) is 3.01. The van der Waals surface area contributed by atoms with Crippen LogP contribution >= 0.6 is 11.3 Å². The van der Waals surface area contributed by atoms with Gasteiger partial charge in [0, 0.05) is 23.3 Å². The van der Waals surface area contributed by atoms with Crippen LogP contribution in [0.25, 0.3) is 17.2 Å². The van der Waals surface area contributed by atoms with Gasteiger partial charge in [-0.15, -0.1) is 11.3 Å². The molecule has 1 N–H and O–H groups in total. The van der Waals surface area contributed by atoms with Gasteiger partial charge in [0.1, 0.15) is 5.83 Å². The first kappa shape index (κ1) is 10.9. The lowest BCUT2D eigenvalue weighted by Gasteiger charge is -1.93. The summed E-state index contributed by atoms with van der Waals surface area (Å²) in [4.78, 5) is 8.61. The summed E-state index contributed by atoms with van der Waals surface area (Å²) in [5.74, 6) is 0.150. The van der Waals surface area contributed by atoms with E-state index < -0.39 is 5.83 Å². The van der Waals surface area contributed by atoms with Gasteiger partial charge in [0.2, 0.25) is 0 Å². The Hall–Kier alpha value is -1.59. The Morgan fingerprint density at radius 3 is 2.88 bits per heavy atom. The van der Waals surface area contributed by atoms with Gasteiger partial charge in [0.05, 0.1) is 11.5 Å². The predicted octanol–water partition coefficient (Wildman–Crippen LogP) is 2.51. The molecule has 16 heavy (non-hydrogen) atoms. The van der Waals surface area contributed by atoms with Crippen molar-refractivity contribution in [3.05, 3.63) is 40.9 Å². The van der Waals surface area contributed by atoms with Crippen LogP contribution in [0.15, 0.2) is 36.0 Å². The molecule has 0 aliphatic carbocycles. The summed E-state index contributed by atoms with van der Waals surface area (Å²) in [6, 6.07) is 3.39. The second kappa shape index (κ2) is 4.96. The number of aromatic nitrogens is 2. The maximum absolute atomic E-state index is 13.3. The summed E-state index contributed by atoms with van der Waals surface area (Å²) in [5.41, 5.74) is 0.780. The second-order valence-corrected chi connectivity index (χ2v) is 3.92. The Bertz CT molecular complexity index is 496. The summed E-state index contributed by atoms with van der Waals surface area (Å²) < 4.78 is 13.3. The lowest BCUT2D eigenvalue weighted by atomic mass is 10.2.